The fourth-order valence-corrected chi connectivity index (χ4v) is 1.72. The molecule has 0 unspecified atom stereocenters. The maximum atomic E-state index is 11.7. The Morgan fingerprint density at radius 1 is 0.658 bits per heavy atom. The number of allylic oxidation sites excluding steroid dienone is 1. The molecule has 0 saturated carbocycles. The summed E-state index contributed by atoms with van der Waals surface area (Å²) in [7, 11) is 3.75. The van der Waals surface area contributed by atoms with E-state index in [9.17, 15) is 79.0 Å². The Morgan fingerprint density at radius 2 is 0.895 bits per heavy atom. The van der Waals surface area contributed by atoms with Gasteiger partial charge in [0.15, 0.2) is 11.8 Å². The Kier molecular flexibility index (Phi) is 28.3. The summed E-state index contributed by atoms with van der Waals surface area (Å²) < 4.78 is 211. The zero-order valence-corrected chi connectivity index (χ0v) is 24.8. The summed E-state index contributed by atoms with van der Waals surface area (Å²) in [4.78, 5) is -3.42. The van der Waals surface area contributed by atoms with Gasteiger partial charge in [0.25, 0.3) is 0 Å². The fraction of sp³-hybridized carbons (Fsp3) is 0.750. The van der Waals surface area contributed by atoms with Gasteiger partial charge in [-0.05, 0) is 7.76 Å². The van der Waals surface area contributed by atoms with Crippen LogP contribution in [0.25, 0.3) is 0 Å². The van der Waals surface area contributed by atoms with Crippen LogP contribution in [0.2, 0.25) is 0 Å². The van der Waals surface area contributed by atoms with Gasteiger partial charge in [-0.25, -0.2) is 0 Å². The topological polar surface area (TPSA) is 0 Å². The minimum absolute atomic E-state index is 0. The largest absolute Gasteiger partial charge is 0.410 e. The summed E-state index contributed by atoms with van der Waals surface area (Å²) in [5, 5.41) is -0.323. The third-order valence-electron chi connectivity index (χ3n) is 2.70. The van der Waals surface area contributed by atoms with Crippen LogP contribution in [0.15, 0.2) is 25.8 Å². The first kappa shape index (κ1) is 51.1. The van der Waals surface area contributed by atoms with Crippen molar-refractivity contribution < 1.29 is 112 Å². The normalized spacial score (nSPS) is 12.4. The second-order valence-corrected chi connectivity index (χ2v) is 7.06. The molecule has 0 spiro atoms. The van der Waals surface area contributed by atoms with E-state index in [1.54, 1.807) is 0 Å². The molecule has 0 amide bonds. The number of alkyl halides is 20. The summed E-state index contributed by atoms with van der Waals surface area (Å²) in [5.41, 5.74) is 0. The molecular weight excluding hydrogens is 943 g/mol. The molecule has 0 aromatic heterocycles. The van der Waals surface area contributed by atoms with Crippen molar-refractivity contribution in [1.29, 1.82) is 1.34 Å². The van der Waals surface area contributed by atoms with E-state index in [1.807, 2.05) is 0 Å². The molecular formula is C16H21BBr2F18U. The van der Waals surface area contributed by atoms with Gasteiger partial charge < -0.3 is 0 Å². The molecule has 0 N–H and O–H groups in total. The van der Waals surface area contributed by atoms with Crippen LogP contribution in [0.1, 0.15) is 15.3 Å². The first-order valence-electron chi connectivity index (χ1n) is 8.35. The summed E-state index contributed by atoms with van der Waals surface area (Å²) in [6, 6.07) is 0. The van der Waals surface area contributed by atoms with Gasteiger partial charge in [0.05, 0.1) is 0 Å². The Bertz CT molecular complexity index is 547. The van der Waals surface area contributed by atoms with Crippen molar-refractivity contribution in [3.63, 3.8) is 0 Å². The molecule has 0 aliphatic carbocycles. The first-order valence-corrected chi connectivity index (χ1v) is 9.81. The van der Waals surface area contributed by atoms with Gasteiger partial charge in [-0.2, -0.15) is 79.0 Å². The monoisotopic (exact) mass is 964 g/mol. The number of hydrogen-bond donors (Lipinski definition) is 0. The number of hydrogen-bond acceptors (Lipinski definition) is 0. The quantitative estimate of drug-likeness (QED) is 0.114. The maximum Gasteiger partial charge on any atom is 0.410 e. The molecule has 38 heavy (non-hydrogen) atoms. The molecule has 0 saturated heterocycles. The molecule has 0 nitrogen and oxygen atoms in total. The molecule has 2 radical (unpaired) electrons. The third kappa shape index (κ3) is 26.5. The average Bonchev–Trinajstić information content (AvgIpc) is 2.64. The van der Waals surface area contributed by atoms with Gasteiger partial charge in [-0.1, -0.05) is 45.4 Å². The summed E-state index contributed by atoms with van der Waals surface area (Å²) >= 11 is 4.00. The van der Waals surface area contributed by atoms with Crippen molar-refractivity contribution in [2.45, 2.75) is 55.7 Å². The minimum Gasteiger partial charge on any atom is -0.170 e. The summed E-state index contributed by atoms with van der Waals surface area (Å²) in [5.74, 6) is -6.64. The Morgan fingerprint density at radius 3 is 0.921 bits per heavy atom. The van der Waals surface area contributed by atoms with Gasteiger partial charge >= 0.3 is 37.1 Å². The van der Waals surface area contributed by atoms with Crippen LogP contribution in [0.5, 0.6) is 0 Å². The van der Waals surface area contributed by atoms with E-state index in [-0.39, 0.29) is 51.4 Å². The SMILES string of the molecule is C.C=C.C=CC(C(F)(F)F)C(F)(F)F.FC(F)(F)C(Br)C(F)(F)F.FC(F)(F)C(CCBr)C(F)(F)F.[2HH].[2H][B].[U]. The van der Waals surface area contributed by atoms with Crippen molar-refractivity contribution in [2.24, 2.45) is 11.8 Å². The van der Waals surface area contributed by atoms with Crippen molar-refractivity contribution in [2.75, 3.05) is 5.33 Å². The van der Waals surface area contributed by atoms with Gasteiger partial charge in [-0.15, -0.1) is 19.7 Å². The predicted molar refractivity (Wildman–Crippen MR) is 112 cm³/mol. The molecule has 0 heterocycles. The van der Waals surface area contributed by atoms with Crippen molar-refractivity contribution in [3.05, 3.63) is 25.8 Å². The number of rotatable bonds is 3. The Labute approximate surface area is 251 Å². The van der Waals surface area contributed by atoms with Crippen LogP contribution in [0, 0.1) is 42.9 Å². The molecule has 0 aliphatic rings. The second kappa shape index (κ2) is 21.1. The van der Waals surface area contributed by atoms with Gasteiger partial charge in [0, 0.05) is 46.2 Å². The van der Waals surface area contributed by atoms with Crippen molar-refractivity contribution in [3.8, 4) is 0 Å². The van der Waals surface area contributed by atoms with E-state index in [0.29, 0.717) is 0 Å². The van der Waals surface area contributed by atoms with Crippen LogP contribution in [-0.4, -0.2) is 56.9 Å². The molecule has 232 valence electrons. The molecule has 0 atom stereocenters. The van der Waals surface area contributed by atoms with E-state index in [4.69, 9.17) is 1.34 Å². The van der Waals surface area contributed by atoms with Crippen LogP contribution >= 0.6 is 31.9 Å². The molecule has 0 rings (SSSR count). The fourth-order valence-electron chi connectivity index (χ4n) is 1.26. The summed E-state index contributed by atoms with van der Waals surface area (Å²) in [6.07, 6.45) is -32.7. The predicted octanol–water partition coefficient (Wildman–Crippen LogP) is 10.3. The summed E-state index contributed by atoms with van der Waals surface area (Å²) in [6.45, 7) is 8.45. The maximum absolute atomic E-state index is 11.7. The van der Waals surface area contributed by atoms with E-state index in [2.05, 4.69) is 44.0 Å². The second-order valence-electron chi connectivity index (χ2n) is 5.36. The van der Waals surface area contributed by atoms with Crippen molar-refractivity contribution in [1.82, 2.24) is 0 Å². The molecule has 0 aromatic rings. The molecule has 0 bridgehead atoms. The van der Waals surface area contributed by atoms with E-state index in [1.165, 1.54) is 15.9 Å². The first-order chi connectivity index (χ1) is 16.0. The van der Waals surface area contributed by atoms with Gasteiger partial charge in [0.2, 0.25) is 4.83 Å². The average molecular weight is 966 g/mol. The molecule has 0 aromatic carbocycles. The van der Waals surface area contributed by atoms with Crippen LogP contribution in [-0.2, 0) is 0 Å². The minimum atomic E-state index is -5.29. The van der Waals surface area contributed by atoms with E-state index < -0.39 is 60.1 Å². The molecule has 0 fully saturated rings. The number of halogens is 20. The zero-order valence-electron chi connectivity index (χ0n) is 18.5. The van der Waals surface area contributed by atoms with Gasteiger partial charge in [-0.3, -0.25) is 0 Å². The third-order valence-corrected chi connectivity index (χ3v) is 4.20. The Hall–Kier alpha value is 0.297. The van der Waals surface area contributed by atoms with Crippen LogP contribution in [0.3, 0.4) is 0 Å². The Balaban J connectivity index is -0.0000000582. The van der Waals surface area contributed by atoms with E-state index >= 15 is 0 Å². The van der Waals surface area contributed by atoms with Crippen LogP contribution < -0.4 is 0 Å². The molecule has 22 heteroatoms. The standard InChI is InChI=1S/C5H5BrF6.C5H4F6.C3HBrF6.C2H4.CH4.BH.U.H2/c6-2-1-3(4(7,8)9)5(10,11)12;1-2-3(4(6,7)8)5(9,10)11;4-1(2(5,6)7)3(8,9)10;1-2;;;;/h3H,1-2H2;2-3H,1H2;1H;1-2H2;1H4;1H;;1H/i;;;;;1D;;1+1. The van der Waals surface area contributed by atoms with Crippen molar-refractivity contribution >= 4 is 40.2 Å². The van der Waals surface area contributed by atoms with Crippen LogP contribution in [0.4, 0.5) is 79.0 Å². The van der Waals surface area contributed by atoms with Gasteiger partial charge in [0.1, 0.15) is 0 Å². The smallest absolute Gasteiger partial charge is 0.170 e. The molecule has 0 aliphatic heterocycles. The van der Waals surface area contributed by atoms with E-state index in [0.717, 1.165) is 0 Å². The zero-order chi connectivity index (χ0) is 31.9.